The molecule has 0 spiro atoms. The smallest absolute Gasteiger partial charge is 0.325 e. The lowest BCUT2D eigenvalue weighted by Crippen LogP contribution is -2.45. The van der Waals surface area contributed by atoms with Gasteiger partial charge in [-0.15, -0.1) is 0 Å². The van der Waals surface area contributed by atoms with Gasteiger partial charge in [0, 0.05) is 5.02 Å². The van der Waals surface area contributed by atoms with E-state index in [9.17, 15) is 9.59 Å². The molecule has 0 heterocycles. The first-order chi connectivity index (χ1) is 9.01. The number of ether oxygens (including phenoxy) is 2. The van der Waals surface area contributed by atoms with Crippen molar-refractivity contribution in [3.63, 3.8) is 0 Å². The Morgan fingerprint density at radius 3 is 2.53 bits per heavy atom. The number of hydrogen-bond donors (Lipinski definition) is 2. The summed E-state index contributed by atoms with van der Waals surface area (Å²) in [7, 11) is 1.24. The van der Waals surface area contributed by atoms with Crippen molar-refractivity contribution in [2.75, 3.05) is 13.7 Å². The molecule has 2 amide bonds. The summed E-state index contributed by atoms with van der Waals surface area (Å²) in [5.74, 6) is 0.0478. The Bertz CT molecular complexity index is 436. The van der Waals surface area contributed by atoms with Crippen LogP contribution in [0.2, 0.25) is 5.02 Å². The Labute approximate surface area is 116 Å². The van der Waals surface area contributed by atoms with Crippen molar-refractivity contribution in [3.8, 4) is 5.75 Å². The van der Waals surface area contributed by atoms with Crippen molar-refractivity contribution >= 4 is 23.6 Å². The minimum absolute atomic E-state index is 0.198. The molecule has 1 rings (SSSR count). The maximum atomic E-state index is 11.4. The molecule has 1 unspecified atom stereocenters. The highest BCUT2D eigenvalue weighted by Gasteiger charge is 2.09. The van der Waals surface area contributed by atoms with Crippen molar-refractivity contribution < 1.29 is 19.1 Å². The van der Waals surface area contributed by atoms with Crippen LogP contribution >= 0.6 is 11.6 Å². The Hall–Kier alpha value is -1.95. The second-order valence-electron chi connectivity index (χ2n) is 3.62. The van der Waals surface area contributed by atoms with Gasteiger partial charge in [-0.3, -0.25) is 4.79 Å². The number of amides is 2. The standard InChI is InChI=1S/C12H15ClN2O4/c1-8(15-12(17)14-7-11(16)18-2)19-10-5-3-9(13)4-6-10/h3-6,8H,7H2,1-2H3,(H2,14,15,17). The second-order valence-corrected chi connectivity index (χ2v) is 4.05. The molecule has 7 heteroatoms. The van der Waals surface area contributed by atoms with Crippen LogP contribution in [0.15, 0.2) is 24.3 Å². The lowest BCUT2D eigenvalue weighted by Gasteiger charge is -2.16. The Kier molecular flexibility index (Phi) is 5.95. The third kappa shape index (κ3) is 5.96. The van der Waals surface area contributed by atoms with Crippen LogP contribution in [-0.2, 0) is 9.53 Å². The lowest BCUT2D eigenvalue weighted by atomic mass is 10.3. The molecule has 1 aromatic rings. The zero-order valence-electron chi connectivity index (χ0n) is 10.6. The van der Waals surface area contributed by atoms with E-state index in [1.54, 1.807) is 31.2 Å². The molecule has 0 aliphatic heterocycles. The molecule has 0 saturated carbocycles. The second kappa shape index (κ2) is 7.48. The first kappa shape index (κ1) is 15.1. The number of benzene rings is 1. The summed E-state index contributed by atoms with van der Waals surface area (Å²) < 4.78 is 9.81. The zero-order chi connectivity index (χ0) is 14.3. The van der Waals surface area contributed by atoms with Gasteiger partial charge in [-0.25, -0.2) is 4.79 Å². The van der Waals surface area contributed by atoms with E-state index in [4.69, 9.17) is 16.3 Å². The van der Waals surface area contributed by atoms with Crippen molar-refractivity contribution in [1.82, 2.24) is 10.6 Å². The van der Waals surface area contributed by atoms with E-state index >= 15 is 0 Å². The SMILES string of the molecule is COC(=O)CNC(=O)NC(C)Oc1ccc(Cl)cc1. The highest BCUT2D eigenvalue weighted by molar-refractivity contribution is 6.30. The monoisotopic (exact) mass is 286 g/mol. The Morgan fingerprint density at radius 2 is 1.95 bits per heavy atom. The minimum Gasteiger partial charge on any atom is -0.471 e. The molecular formula is C12H15ClN2O4. The summed E-state index contributed by atoms with van der Waals surface area (Å²) in [6.07, 6.45) is -0.557. The van der Waals surface area contributed by atoms with E-state index in [0.29, 0.717) is 10.8 Å². The largest absolute Gasteiger partial charge is 0.471 e. The summed E-state index contributed by atoms with van der Waals surface area (Å²) in [6, 6.07) is 6.22. The van der Waals surface area contributed by atoms with E-state index in [1.807, 2.05) is 0 Å². The molecule has 0 aliphatic carbocycles. The van der Waals surface area contributed by atoms with Gasteiger partial charge in [0.25, 0.3) is 0 Å². The molecule has 6 nitrogen and oxygen atoms in total. The molecule has 0 aromatic heterocycles. The number of methoxy groups -OCH3 is 1. The third-order valence-corrected chi connectivity index (χ3v) is 2.33. The summed E-state index contributed by atoms with van der Waals surface area (Å²) in [5.41, 5.74) is 0. The van der Waals surface area contributed by atoms with E-state index in [1.165, 1.54) is 7.11 Å². The molecular weight excluding hydrogens is 272 g/mol. The topological polar surface area (TPSA) is 76.7 Å². The first-order valence-corrected chi connectivity index (χ1v) is 5.92. The number of nitrogens with one attached hydrogen (secondary N) is 2. The van der Waals surface area contributed by atoms with Gasteiger partial charge >= 0.3 is 12.0 Å². The Balaban J connectivity index is 2.34. The zero-order valence-corrected chi connectivity index (χ0v) is 11.4. The highest BCUT2D eigenvalue weighted by atomic mass is 35.5. The van der Waals surface area contributed by atoms with Gasteiger partial charge in [-0.05, 0) is 31.2 Å². The molecule has 19 heavy (non-hydrogen) atoms. The van der Waals surface area contributed by atoms with E-state index in [-0.39, 0.29) is 6.54 Å². The van der Waals surface area contributed by atoms with Crippen LogP contribution in [-0.4, -0.2) is 31.9 Å². The quantitative estimate of drug-likeness (QED) is 0.636. The van der Waals surface area contributed by atoms with Crippen molar-refractivity contribution in [2.24, 2.45) is 0 Å². The summed E-state index contributed by atoms with van der Waals surface area (Å²) in [6.45, 7) is 1.46. The van der Waals surface area contributed by atoms with Crippen LogP contribution in [0.25, 0.3) is 0 Å². The van der Waals surface area contributed by atoms with Crippen LogP contribution < -0.4 is 15.4 Å². The number of carbonyl (C=O) groups excluding carboxylic acids is 2. The van der Waals surface area contributed by atoms with Gasteiger partial charge < -0.3 is 20.1 Å². The van der Waals surface area contributed by atoms with Crippen LogP contribution in [0.4, 0.5) is 4.79 Å². The summed E-state index contributed by atoms with van der Waals surface area (Å²) in [4.78, 5) is 22.2. The molecule has 0 aliphatic rings. The van der Waals surface area contributed by atoms with Gasteiger partial charge in [0.05, 0.1) is 7.11 Å². The summed E-state index contributed by atoms with van der Waals surface area (Å²) in [5, 5.41) is 5.44. The molecule has 0 fully saturated rings. The average molecular weight is 287 g/mol. The van der Waals surface area contributed by atoms with Gasteiger partial charge in [0.2, 0.25) is 0 Å². The highest BCUT2D eigenvalue weighted by Crippen LogP contribution is 2.16. The molecule has 0 radical (unpaired) electrons. The number of rotatable bonds is 5. The van der Waals surface area contributed by atoms with Crippen molar-refractivity contribution in [1.29, 1.82) is 0 Å². The molecule has 104 valence electrons. The van der Waals surface area contributed by atoms with Crippen molar-refractivity contribution in [2.45, 2.75) is 13.2 Å². The molecule has 1 aromatic carbocycles. The fraction of sp³-hybridized carbons (Fsp3) is 0.333. The fourth-order valence-corrected chi connectivity index (χ4v) is 1.33. The number of urea groups is 1. The lowest BCUT2D eigenvalue weighted by molar-refractivity contribution is -0.139. The first-order valence-electron chi connectivity index (χ1n) is 5.54. The molecule has 1 atom stereocenters. The van der Waals surface area contributed by atoms with Gasteiger partial charge in [-0.2, -0.15) is 0 Å². The van der Waals surface area contributed by atoms with Crippen LogP contribution in [0, 0.1) is 0 Å². The number of esters is 1. The predicted molar refractivity (Wildman–Crippen MR) is 70.1 cm³/mol. The number of carbonyl (C=O) groups is 2. The predicted octanol–water partition coefficient (Wildman–Crippen LogP) is 1.54. The van der Waals surface area contributed by atoms with Gasteiger partial charge in [0.1, 0.15) is 12.3 Å². The van der Waals surface area contributed by atoms with Crippen LogP contribution in [0.5, 0.6) is 5.75 Å². The van der Waals surface area contributed by atoms with Crippen molar-refractivity contribution in [3.05, 3.63) is 29.3 Å². The number of halogens is 1. The maximum absolute atomic E-state index is 11.4. The van der Waals surface area contributed by atoms with E-state index in [0.717, 1.165) is 0 Å². The maximum Gasteiger partial charge on any atom is 0.325 e. The minimum atomic E-state index is -0.557. The van der Waals surface area contributed by atoms with Gasteiger partial charge in [-0.1, -0.05) is 11.6 Å². The van der Waals surface area contributed by atoms with Gasteiger partial charge in [0.15, 0.2) is 6.23 Å². The molecule has 2 N–H and O–H groups in total. The Morgan fingerprint density at radius 1 is 1.32 bits per heavy atom. The molecule has 0 saturated heterocycles. The average Bonchev–Trinajstić information content (AvgIpc) is 2.38. The normalized spacial score (nSPS) is 11.3. The van der Waals surface area contributed by atoms with E-state index in [2.05, 4.69) is 15.4 Å². The van der Waals surface area contributed by atoms with Crippen LogP contribution in [0.1, 0.15) is 6.92 Å². The van der Waals surface area contributed by atoms with Crippen LogP contribution in [0.3, 0.4) is 0 Å². The molecule has 0 bridgehead atoms. The summed E-state index contributed by atoms with van der Waals surface area (Å²) >= 11 is 5.74. The third-order valence-electron chi connectivity index (χ3n) is 2.08. The number of hydrogen-bond acceptors (Lipinski definition) is 4. The fourth-order valence-electron chi connectivity index (χ4n) is 1.21. The van der Waals surface area contributed by atoms with E-state index < -0.39 is 18.2 Å².